The summed E-state index contributed by atoms with van der Waals surface area (Å²) in [5, 5.41) is 4.54. The molecule has 3 N–H and O–H groups in total. The minimum atomic E-state index is -1.25. The molecular formula is C18H21FN3O3+. The fraction of sp³-hybridized carbons (Fsp3) is 0.500. The zero-order valence-electron chi connectivity index (χ0n) is 14.2. The zero-order chi connectivity index (χ0) is 17.9. The van der Waals surface area contributed by atoms with Crippen LogP contribution in [0.1, 0.15) is 32.3 Å². The molecule has 0 saturated carbocycles. The van der Waals surface area contributed by atoms with E-state index in [0.717, 1.165) is 12.8 Å². The number of hydrogen-bond donors (Lipinski definition) is 2. The first-order chi connectivity index (χ1) is 11.9. The maximum atomic E-state index is 13.9. The maximum Gasteiger partial charge on any atom is 0.291 e. The Labute approximate surface area is 144 Å². The molecule has 6 nitrogen and oxygen atoms in total. The number of amides is 3. The normalized spacial score (nSPS) is 33.2. The maximum absolute atomic E-state index is 13.9. The molecule has 0 unspecified atom stereocenters. The fourth-order valence-electron chi connectivity index (χ4n) is 4.71. The minimum absolute atomic E-state index is 0.207. The number of imide groups is 1. The van der Waals surface area contributed by atoms with Crippen LogP contribution in [0.5, 0.6) is 0 Å². The summed E-state index contributed by atoms with van der Waals surface area (Å²) >= 11 is 0. The minimum Gasteiger partial charge on any atom is -0.326 e. The van der Waals surface area contributed by atoms with Crippen molar-refractivity contribution in [3.8, 4) is 0 Å². The first-order valence-corrected chi connectivity index (χ1v) is 8.74. The summed E-state index contributed by atoms with van der Waals surface area (Å²) in [6, 6.07) is 3.88. The SMILES string of the molecule is CCCCN1C(=O)[C@H]2[C@@H](C1=O)[C@]1([NH2+][C@@H]2C)C(=O)Nc2ccc(F)cc21. The molecule has 3 aliphatic heterocycles. The number of quaternary nitrogens is 1. The molecule has 4 rings (SSSR count). The van der Waals surface area contributed by atoms with Crippen molar-refractivity contribution in [2.24, 2.45) is 11.8 Å². The molecule has 2 saturated heterocycles. The lowest BCUT2D eigenvalue weighted by molar-refractivity contribution is -0.730. The molecule has 0 bridgehead atoms. The third kappa shape index (κ3) is 1.96. The topological polar surface area (TPSA) is 83.1 Å². The lowest BCUT2D eigenvalue weighted by atomic mass is 9.76. The number of carbonyl (C=O) groups excluding carboxylic acids is 3. The predicted octanol–water partition coefficient (Wildman–Crippen LogP) is 0.340. The summed E-state index contributed by atoms with van der Waals surface area (Å²) in [5.74, 6) is -2.65. The van der Waals surface area contributed by atoms with E-state index in [1.54, 1.807) is 5.32 Å². The number of anilines is 1. The Morgan fingerprint density at radius 1 is 1.28 bits per heavy atom. The number of fused-ring (bicyclic) bond motifs is 4. The van der Waals surface area contributed by atoms with Gasteiger partial charge in [0.25, 0.3) is 5.91 Å². The predicted molar refractivity (Wildman–Crippen MR) is 86.7 cm³/mol. The molecule has 2 fully saturated rings. The second-order valence-electron chi connectivity index (χ2n) is 7.22. The molecular weight excluding hydrogens is 325 g/mol. The van der Waals surface area contributed by atoms with Gasteiger partial charge in [0.05, 0.1) is 11.7 Å². The van der Waals surface area contributed by atoms with E-state index in [9.17, 15) is 18.8 Å². The van der Waals surface area contributed by atoms with Crippen molar-refractivity contribution in [2.75, 3.05) is 11.9 Å². The second-order valence-corrected chi connectivity index (χ2v) is 7.22. The van der Waals surface area contributed by atoms with Gasteiger partial charge in [-0.05, 0) is 31.5 Å². The highest BCUT2D eigenvalue weighted by molar-refractivity contribution is 6.13. The van der Waals surface area contributed by atoms with Crippen LogP contribution in [0.25, 0.3) is 0 Å². The van der Waals surface area contributed by atoms with Gasteiger partial charge >= 0.3 is 0 Å². The van der Waals surface area contributed by atoms with Crippen molar-refractivity contribution in [1.29, 1.82) is 0 Å². The van der Waals surface area contributed by atoms with Crippen molar-refractivity contribution < 1.29 is 24.1 Å². The Morgan fingerprint density at radius 3 is 2.76 bits per heavy atom. The van der Waals surface area contributed by atoms with Crippen LogP contribution in [-0.4, -0.2) is 35.2 Å². The number of nitrogens with one attached hydrogen (secondary N) is 1. The van der Waals surface area contributed by atoms with Crippen LogP contribution >= 0.6 is 0 Å². The van der Waals surface area contributed by atoms with Gasteiger partial charge < -0.3 is 10.6 Å². The van der Waals surface area contributed by atoms with E-state index < -0.39 is 23.2 Å². The lowest BCUT2D eigenvalue weighted by Crippen LogP contribution is -2.98. The number of nitrogens with two attached hydrogens (primary N) is 1. The summed E-state index contributed by atoms with van der Waals surface area (Å²) in [4.78, 5) is 40.1. The zero-order valence-corrected chi connectivity index (χ0v) is 14.2. The van der Waals surface area contributed by atoms with Crippen LogP contribution in [0.4, 0.5) is 10.1 Å². The van der Waals surface area contributed by atoms with Crippen LogP contribution in [0.2, 0.25) is 0 Å². The first kappa shape index (κ1) is 16.2. The molecule has 7 heteroatoms. The molecule has 1 aromatic carbocycles. The van der Waals surface area contributed by atoms with Gasteiger partial charge in [-0.25, -0.2) is 4.39 Å². The van der Waals surface area contributed by atoms with Gasteiger partial charge in [-0.2, -0.15) is 0 Å². The molecule has 1 aromatic rings. The van der Waals surface area contributed by atoms with E-state index in [2.05, 4.69) is 5.32 Å². The lowest BCUT2D eigenvalue weighted by Gasteiger charge is -2.25. The number of nitrogens with zero attached hydrogens (tertiary/aromatic N) is 1. The molecule has 1 spiro atoms. The molecule has 0 aromatic heterocycles. The number of unbranched alkanes of at least 4 members (excludes halogenated alkanes) is 1. The van der Waals surface area contributed by atoms with Gasteiger partial charge in [-0.15, -0.1) is 0 Å². The van der Waals surface area contributed by atoms with Crippen molar-refractivity contribution in [3.05, 3.63) is 29.6 Å². The van der Waals surface area contributed by atoms with Crippen LogP contribution < -0.4 is 10.6 Å². The third-order valence-corrected chi connectivity index (χ3v) is 5.81. The molecule has 3 heterocycles. The molecule has 25 heavy (non-hydrogen) atoms. The molecule has 4 atom stereocenters. The van der Waals surface area contributed by atoms with Gasteiger partial charge in [0, 0.05) is 12.1 Å². The Morgan fingerprint density at radius 2 is 2.04 bits per heavy atom. The van der Waals surface area contributed by atoms with Crippen LogP contribution in [-0.2, 0) is 19.9 Å². The van der Waals surface area contributed by atoms with E-state index in [1.807, 2.05) is 13.8 Å². The van der Waals surface area contributed by atoms with Crippen molar-refractivity contribution in [3.63, 3.8) is 0 Å². The van der Waals surface area contributed by atoms with E-state index in [1.165, 1.54) is 23.1 Å². The van der Waals surface area contributed by atoms with Gasteiger partial charge in [-0.1, -0.05) is 13.3 Å². The van der Waals surface area contributed by atoms with Gasteiger partial charge in [0.1, 0.15) is 17.7 Å². The highest BCUT2D eigenvalue weighted by atomic mass is 19.1. The van der Waals surface area contributed by atoms with Crippen molar-refractivity contribution in [1.82, 2.24) is 4.90 Å². The number of halogens is 1. The number of hydrogen-bond acceptors (Lipinski definition) is 3. The number of benzene rings is 1. The van der Waals surface area contributed by atoms with E-state index in [0.29, 0.717) is 17.8 Å². The molecule has 0 aliphatic carbocycles. The van der Waals surface area contributed by atoms with Crippen LogP contribution in [0.3, 0.4) is 0 Å². The Balaban J connectivity index is 1.83. The first-order valence-electron chi connectivity index (χ1n) is 8.74. The summed E-state index contributed by atoms with van der Waals surface area (Å²) in [5.41, 5.74) is -0.270. The average molecular weight is 346 g/mol. The molecule has 3 aliphatic rings. The summed E-state index contributed by atoms with van der Waals surface area (Å²) < 4.78 is 13.9. The summed E-state index contributed by atoms with van der Waals surface area (Å²) in [6.07, 6.45) is 1.60. The standard InChI is InChI=1S/C18H20FN3O3/c1-3-4-7-22-15(23)13-9(2)21-18(14(13)16(22)24)11-8-10(19)5-6-12(11)20-17(18)25/h5-6,8-9,13-14,21H,3-4,7H2,1-2H3,(H,20,25)/p+1/t9-,13-,14+,18+/m1/s1. The summed E-state index contributed by atoms with van der Waals surface area (Å²) in [6.45, 7) is 4.22. The number of carbonyl (C=O) groups is 3. The largest absolute Gasteiger partial charge is 0.326 e. The van der Waals surface area contributed by atoms with E-state index in [4.69, 9.17) is 0 Å². The Hall–Kier alpha value is -2.28. The number of likely N-dealkylation sites (tertiary alicyclic amines) is 1. The van der Waals surface area contributed by atoms with Crippen LogP contribution in [0, 0.1) is 17.7 Å². The molecule has 132 valence electrons. The van der Waals surface area contributed by atoms with Gasteiger partial charge in [0.2, 0.25) is 17.4 Å². The monoisotopic (exact) mass is 346 g/mol. The van der Waals surface area contributed by atoms with Crippen molar-refractivity contribution >= 4 is 23.4 Å². The summed E-state index contributed by atoms with van der Waals surface area (Å²) in [7, 11) is 0. The smallest absolute Gasteiger partial charge is 0.291 e. The molecule has 3 amide bonds. The highest BCUT2D eigenvalue weighted by Crippen LogP contribution is 2.48. The highest BCUT2D eigenvalue weighted by Gasteiger charge is 2.73. The fourth-order valence-corrected chi connectivity index (χ4v) is 4.71. The Bertz CT molecular complexity index is 796. The van der Waals surface area contributed by atoms with E-state index >= 15 is 0 Å². The third-order valence-electron chi connectivity index (χ3n) is 5.81. The van der Waals surface area contributed by atoms with Crippen molar-refractivity contribution in [2.45, 2.75) is 38.3 Å². The molecule has 0 radical (unpaired) electrons. The quantitative estimate of drug-likeness (QED) is 0.774. The second kappa shape index (κ2) is 5.36. The Kier molecular flexibility index (Phi) is 3.47. The number of rotatable bonds is 3. The van der Waals surface area contributed by atoms with E-state index in [-0.39, 0.29) is 23.8 Å². The average Bonchev–Trinajstić information content (AvgIpc) is 3.12. The van der Waals surface area contributed by atoms with Crippen LogP contribution in [0.15, 0.2) is 18.2 Å². The van der Waals surface area contributed by atoms with Gasteiger partial charge in [-0.3, -0.25) is 19.3 Å². The van der Waals surface area contributed by atoms with Gasteiger partial charge in [0.15, 0.2) is 0 Å².